The van der Waals surface area contributed by atoms with Crippen molar-refractivity contribution in [3.63, 3.8) is 0 Å². The summed E-state index contributed by atoms with van der Waals surface area (Å²) in [5, 5.41) is 8.11. The molecule has 0 N–H and O–H groups in total. The van der Waals surface area contributed by atoms with Crippen molar-refractivity contribution in [3.05, 3.63) is 11.8 Å². The Hall–Kier alpha value is -0.980. The number of likely N-dealkylation sites (tertiary alicyclic amines) is 1. The minimum absolute atomic E-state index is 0.219. The van der Waals surface area contributed by atoms with Crippen LogP contribution >= 0.6 is 0 Å². The minimum atomic E-state index is 0.219. The predicted molar refractivity (Wildman–Crippen MR) is 90.3 cm³/mol. The van der Waals surface area contributed by atoms with Crippen LogP contribution in [0.1, 0.15) is 51.4 Å². The molecule has 0 bridgehead atoms. The molecule has 0 saturated carbocycles. The van der Waals surface area contributed by atoms with Gasteiger partial charge in [-0.2, -0.15) is 0 Å². The molecule has 3 heterocycles. The number of hydrogen-bond acceptors (Lipinski definition) is 6. The maximum Gasteiger partial charge on any atom is 0.233 e. The average Bonchev–Trinajstić information content (AvgIpc) is 3.12. The van der Waals surface area contributed by atoms with Crippen molar-refractivity contribution in [2.24, 2.45) is 0 Å². The standard InChI is InChI=1S/C17H31N5O/c1-13-5-6-14(2)22(13)12-9-20-7-10-21(11-8-20)15(3)17-19-18-16(4)23-17/h13-15H,5-12H2,1-4H3/t13-,14+,15-/m0/s1. The zero-order valence-corrected chi connectivity index (χ0v) is 15.0. The van der Waals surface area contributed by atoms with Gasteiger partial charge in [0.15, 0.2) is 0 Å². The number of hydrogen-bond donors (Lipinski definition) is 0. The SMILES string of the molecule is Cc1nnc([C@H](C)N2CCN(CCN3[C@H](C)CC[C@@H]3C)CC2)o1. The van der Waals surface area contributed by atoms with E-state index in [0.29, 0.717) is 5.89 Å². The zero-order chi connectivity index (χ0) is 16.4. The van der Waals surface area contributed by atoms with E-state index in [9.17, 15) is 0 Å². The fraction of sp³-hybridized carbons (Fsp3) is 0.882. The smallest absolute Gasteiger partial charge is 0.233 e. The first-order valence-electron chi connectivity index (χ1n) is 9.06. The van der Waals surface area contributed by atoms with Crippen molar-refractivity contribution < 1.29 is 4.42 Å². The van der Waals surface area contributed by atoms with E-state index in [1.807, 2.05) is 6.92 Å². The van der Waals surface area contributed by atoms with Crippen molar-refractivity contribution >= 4 is 0 Å². The van der Waals surface area contributed by atoms with Gasteiger partial charge in [0.1, 0.15) is 0 Å². The van der Waals surface area contributed by atoms with Crippen molar-refractivity contribution in [1.82, 2.24) is 24.9 Å². The molecule has 3 rings (SSSR count). The number of nitrogens with zero attached hydrogens (tertiary/aromatic N) is 5. The lowest BCUT2D eigenvalue weighted by Gasteiger charge is -2.38. The monoisotopic (exact) mass is 321 g/mol. The maximum atomic E-state index is 5.58. The fourth-order valence-electron chi connectivity index (χ4n) is 3.96. The molecule has 0 unspecified atom stereocenters. The summed E-state index contributed by atoms with van der Waals surface area (Å²) in [6, 6.07) is 1.73. The molecule has 130 valence electrons. The molecule has 6 nitrogen and oxygen atoms in total. The molecule has 0 aliphatic carbocycles. The number of rotatable bonds is 5. The molecule has 0 aromatic carbocycles. The van der Waals surface area contributed by atoms with E-state index in [1.165, 1.54) is 25.9 Å². The summed E-state index contributed by atoms with van der Waals surface area (Å²) in [6.45, 7) is 15.6. The molecule has 2 fully saturated rings. The predicted octanol–water partition coefficient (Wildman–Crippen LogP) is 1.93. The van der Waals surface area contributed by atoms with Crippen LogP contribution in [0.5, 0.6) is 0 Å². The second-order valence-electron chi connectivity index (χ2n) is 7.23. The first kappa shape index (κ1) is 16.9. The van der Waals surface area contributed by atoms with Gasteiger partial charge in [-0.25, -0.2) is 0 Å². The second kappa shape index (κ2) is 7.28. The van der Waals surface area contributed by atoms with E-state index < -0.39 is 0 Å². The summed E-state index contributed by atoms with van der Waals surface area (Å²) in [5.41, 5.74) is 0. The van der Waals surface area contributed by atoms with Gasteiger partial charge in [-0.15, -0.1) is 10.2 Å². The van der Waals surface area contributed by atoms with E-state index in [2.05, 4.69) is 45.7 Å². The van der Waals surface area contributed by atoms with Gasteiger partial charge in [-0.3, -0.25) is 14.7 Å². The molecular weight excluding hydrogens is 290 g/mol. The van der Waals surface area contributed by atoms with Gasteiger partial charge >= 0.3 is 0 Å². The van der Waals surface area contributed by atoms with E-state index in [4.69, 9.17) is 4.42 Å². The average molecular weight is 321 g/mol. The molecule has 0 radical (unpaired) electrons. The normalized spacial score (nSPS) is 29.2. The van der Waals surface area contributed by atoms with Gasteiger partial charge in [0, 0.05) is 58.3 Å². The Morgan fingerprint density at radius 3 is 2.26 bits per heavy atom. The van der Waals surface area contributed by atoms with Gasteiger partial charge in [-0.1, -0.05) is 0 Å². The van der Waals surface area contributed by atoms with Crippen LogP contribution in [-0.4, -0.2) is 76.2 Å². The van der Waals surface area contributed by atoms with Crippen LogP contribution in [0.25, 0.3) is 0 Å². The lowest BCUT2D eigenvalue weighted by Crippen LogP contribution is -2.49. The summed E-state index contributed by atoms with van der Waals surface area (Å²) in [4.78, 5) is 7.72. The van der Waals surface area contributed by atoms with Crippen LogP contribution < -0.4 is 0 Å². The summed E-state index contributed by atoms with van der Waals surface area (Å²) in [7, 11) is 0. The third-order valence-corrected chi connectivity index (χ3v) is 5.66. The Kier molecular flexibility index (Phi) is 5.34. The first-order chi connectivity index (χ1) is 11.0. The van der Waals surface area contributed by atoms with Crippen LogP contribution in [0.4, 0.5) is 0 Å². The van der Waals surface area contributed by atoms with Gasteiger partial charge in [0.2, 0.25) is 11.8 Å². The van der Waals surface area contributed by atoms with Crippen LogP contribution in [-0.2, 0) is 0 Å². The van der Waals surface area contributed by atoms with E-state index >= 15 is 0 Å². The molecule has 2 aliphatic rings. The van der Waals surface area contributed by atoms with E-state index in [0.717, 1.165) is 44.2 Å². The van der Waals surface area contributed by atoms with Gasteiger partial charge in [-0.05, 0) is 33.6 Å². The quantitative estimate of drug-likeness (QED) is 0.826. The van der Waals surface area contributed by atoms with Crippen molar-refractivity contribution in [2.45, 2.75) is 58.7 Å². The molecule has 6 heteroatoms. The third kappa shape index (κ3) is 3.92. The Labute approximate surface area is 139 Å². The molecule has 1 aromatic rings. The summed E-state index contributed by atoms with van der Waals surface area (Å²) >= 11 is 0. The highest BCUT2D eigenvalue weighted by Gasteiger charge is 2.29. The molecule has 1 aromatic heterocycles. The lowest BCUT2D eigenvalue weighted by atomic mass is 10.2. The van der Waals surface area contributed by atoms with Crippen LogP contribution in [0.15, 0.2) is 4.42 Å². The minimum Gasteiger partial charge on any atom is -0.424 e. The van der Waals surface area contributed by atoms with Crippen molar-refractivity contribution in [3.8, 4) is 0 Å². The Morgan fingerprint density at radius 2 is 1.70 bits per heavy atom. The molecule has 0 spiro atoms. The van der Waals surface area contributed by atoms with E-state index in [1.54, 1.807) is 0 Å². The second-order valence-corrected chi connectivity index (χ2v) is 7.23. The Morgan fingerprint density at radius 1 is 1.04 bits per heavy atom. The summed E-state index contributed by atoms with van der Waals surface area (Å²) in [5.74, 6) is 1.40. The third-order valence-electron chi connectivity index (χ3n) is 5.66. The fourth-order valence-corrected chi connectivity index (χ4v) is 3.96. The van der Waals surface area contributed by atoms with Crippen LogP contribution in [0, 0.1) is 6.92 Å². The molecule has 2 aliphatic heterocycles. The van der Waals surface area contributed by atoms with Crippen LogP contribution in [0.3, 0.4) is 0 Å². The largest absolute Gasteiger partial charge is 0.424 e. The molecular formula is C17H31N5O. The Balaban J connectivity index is 1.43. The molecule has 2 saturated heterocycles. The summed E-state index contributed by atoms with van der Waals surface area (Å²) < 4.78 is 5.58. The summed E-state index contributed by atoms with van der Waals surface area (Å²) in [6.07, 6.45) is 2.71. The highest BCUT2D eigenvalue weighted by molar-refractivity contribution is 4.90. The maximum absolute atomic E-state index is 5.58. The highest BCUT2D eigenvalue weighted by atomic mass is 16.4. The number of aryl methyl sites for hydroxylation is 1. The molecule has 23 heavy (non-hydrogen) atoms. The lowest BCUT2D eigenvalue weighted by molar-refractivity contribution is 0.0791. The van der Waals surface area contributed by atoms with E-state index in [-0.39, 0.29) is 6.04 Å². The first-order valence-corrected chi connectivity index (χ1v) is 9.06. The van der Waals surface area contributed by atoms with Crippen LogP contribution in [0.2, 0.25) is 0 Å². The topological polar surface area (TPSA) is 48.6 Å². The zero-order valence-electron chi connectivity index (χ0n) is 15.0. The van der Waals surface area contributed by atoms with Gasteiger partial charge in [0.25, 0.3) is 0 Å². The molecule has 0 amide bonds. The number of aromatic nitrogens is 2. The highest BCUT2D eigenvalue weighted by Crippen LogP contribution is 2.23. The van der Waals surface area contributed by atoms with Crippen molar-refractivity contribution in [2.75, 3.05) is 39.3 Å². The molecule has 3 atom stereocenters. The van der Waals surface area contributed by atoms with Gasteiger partial charge < -0.3 is 4.42 Å². The Bertz CT molecular complexity index is 487. The number of piperazine rings is 1. The van der Waals surface area contributed by atoms with Crippen molar-refractivity contribution in [1.29, 1.82) is 0 Å². The van der Waals surface area contributed by atoms with Gasteiger partial charge in [0.05, 0.1) is 6.04 Å².